The highest BCUT2D eigenvalue weighted by Gasteiger charge is 2.51. The largest absolute Gasteiger partial charge is 0.387 e. The van der Waals surface area contributed by atoms with Crippen molar-refractivity contribution in [2.45, 2.75) is 32.1 Å². The first kappa shape index (κ1) is 23.0. The van der Waals surface area contributed by atoms with Crippen LogP contribution in [-0.4, -0.2) is 23.7 Å². The van der Waals surface area contributed by atoms with Crippen LogP contribution in [0.25, 0.3) is 11.1 Å². The molecule has 33 heavy (non-hydrogen) atoms. The molecule has 6 heteroatoms. The lowest BCUT2D eigenvalue weighted by atomic mass is 9.73. The van der Waals surface area contributed by atoms with Crippen molar-refractivity contribution in [2.75, 3.05) is 6.61 Å². The molecule has 3 aromatic rings. The van der Waals surface area contributed by atoms with E-state index in [0.717, 1.165) is 16.7 Å². The summed E-state index contributed by atoms with van der Waals surface area (Å²) in [6, 6.07) is 23.3. The maximum atomic E-state index is 13.3. The number of carbonyl (C=O) groups excluding carboxylic acids is 1. The summed E-state index contributed by atoms with van der Waals surface area (Å²) in [7, 11) is 0. The SMILES string of the molecule is CC(C)OC[C@@]1(C#N)[C@H](O)c2ccccc2-c2ccccc2[C@H]1NC(=O)c1ccccc1Cl. The minimum atomic E-state index is -1.48. The number of aliphatic hydroxyl groups is 1. The summed E-state index contributed by atoms with van der Waals surface area (Å²) in [5.74, 6) is -0.428. The van der Waals surface area contributed by atoms with Gasteiger partial charge in [0.1, 0.15) is 11.5 Å². The maximum Gasteiger partial charge on any atom is 0.253 e. The lowest BCUT2D eigenvalue weighted by Gasteiger charge is -2.38. The summed E-state index contributed by atoms with van der Waals surface area (Å²) in [6.07, 6.45) is -1.38. The van der Waals surface area contributed by atoms with E-state index in [0.29, 0.717) is 16.1 Å². The van der Waals surface area contributed by atoms with Crippen LogP contribution in [0.3, 0.4) is 0 Å². The van der Waals surface area contributed by atoms with Crippen molar-refractivity contribution < 1.29 is 14.6 Å². The van der Waals surface area contributed by atoms with Crippen molar-refractivity contribution in [3.8, 4) is 17.2 Å². The van der Waals surface area contributed by atoms with Gasteiger partial charge in [-0.2, -0.15) is 5.26 Å². The van der Waals surface area contributed by atoms with Gasteiger partial charge in [-0.05, 0) is 48.2 Å². The average molecular weight is 461 g/mol. The number of hydrogen-bond donors (Lipinski definition) is 2. The van der Waals surface area contributed by atoms with Gasteiger partial charge in [-0.15, -0.1) is 0 Å². The van der Waals surface area contributed by atoms with Crippen molar-refractivity contribution in [3.05, 3.63) is 94.5 Å². The fourth-order valence-corrected chi connectivity index (χ4v) is 4.59. The van der Waals surface area contributed by atoms with Gasteiger partial charge < -0.3 is 15.2 Å². The van der Waals surface area contributed by atoms with Crippen LogP contribution in [0.15, 0.2) is 72.8 Å². The molecule has 2 N–H and O–H groups in total. The highest BCUT2D eigenvalue weighted by atomic mass is 35.5. The molecular formula is C27H25ClN2O3. The Morgan fingerprint density at radius 3 is 2.27 bits per heavy atom. The number of nitrogens with one attached hydrogen (secondary N) is 1. The summed E-state index contributed by atoms with van der Waals surface area (Å²) in [5, 5.41) is 25.5. The second-order valence-electron chi connectivity index (χ2n) is 8.48. The van der Waals surface area contributed by atoms with Crippen LogP contribution in [0.4, 0.5) is 0 Å². The van der Waals surface area contributed by atoms with E-state index >= 15 is 0 Å². The minimum absolute atomic E-state index is 0.0710. The molecule has 3 aromatic carbocycles. The van der Waals surface area contributed by atoms with Gasteiger partial charge in [-0.1, -0.05) is 72.3 Å². The minimum Gasteiger partial charge on any atom is -0.387 e. The van der Waals surface area contributed by atoms with Crippen molar-refractivity contribution in [3.63, 3.8) is 0 Å². The molecule has 0 unspecified atom stereocenters. The first-order chi connectivity index (χ1) is 15.9. The van der Waals surface area contributed by atoms with Crippen LogP contribution in [0.5, 0.6) is 0 Å². The molecule has 168 valence electrons. The molecule has 3 atom stereocenters. The maximum absolute atomic E-state index is 13.3. The summed E-state index contributed by atoms with van der Waals surface area (Å²) < 4.78 is 5.91. The smallest absolute Gasteiger partial charge is 0.253 e. The first-order valence-electron chi connectivity index (χ1n) is 10.8. The molecule has 0 spiro atoms. The number of halogens is 1. The molecule has 1 amide bonds. The average Bonchev–Trinajstić information content (AvgIpc) is 2.91. The summed E-state index contributed by atoms with van der Waals surface area (Å²) in [5.41, 5.74) is 1.83. The molecule has 0 fully saturated rings. The Balaban J connectivity index is 1.93. The third kappa shape index (κ3) is 4.14. The van der Waals surface area contributed by atoms with E-state index in [9.17, 15) is 15.2 Å². The van der Waals surface area contributed by atoms with E-state index in [-0.39, 0.29) is 12.7 Å². The Kier molecular flexibility index (Phi) is 6.53. The monoisotopic (exact) mass is 460 g/mol. The molecule has 0 saturated heterocycles. The van der Waals surface area contributed by atoms with Crippen molar-refractivity contribution >= 4 is 17.5 Å². The molecule has 0 bridgehead atoms. The summed E-state index contributed by atoms with van der Waals surface area (Å²) in [4.78, 5) is 13.3. The molecule has 1 aliphatic carbocycles. The van der Waals surface area contributed by atoms with E-state index in [2.05, 4.69) is 11.4 Å². The number of benzene rings is 3. The molecule has 0 heterocycles. The fourth-order valence-electron chi connectivity index (χ4n) is 4.37. The Morgan fingerprint density at radius 1 is 1.06 bits per heavy atom. The number of aliphatic hydroxyl groups excluding tert-OH is 1. The third-order valence-electron chi connectivity index (χ3n) is 6.08. The normalized spacial score (nSPS) is 21.5. The van der Waals surface area contributed by atoms with Crippen LogP contribution in [0.2, 0.25) is 5.02 Å². The molecule has 1 aliphatic rings. The molecular weight excluding hydrogens is 436 g/mol. The number of fused-ring (bicyclic) bond motifs is 3. The predicted octanol–water partition coefficient (Wildman–Crippen LogP) is 5.46. The molecule has 0 saturated carbocycles. The van der Waals surface area contributed by atoms with E-state index in [1.807, 2.05) is 62.4 Å². The molecule has 0 radical (unpaired) electrons. The Labute approximate surface area is 198 Å². The zero-order valence-corrected chi connectivity index (χ0v) is 19.2. The van der Waals surface area contributed by atoms with Gasteiger partial charge >= 0.3 is 0 Å². The van der Waals surface area contributed by atoms with E-state index < -0.39 is 23.5 Å². The highest BCUT2D eigenvalue weighted by Crippen LogP contribution is 2.52. The molecule has 4 rings (SSSR count). The van der Waals surface area contributed by atoms with Crippen molar-refractivity contribution in [2.24, 2.45) is 5.41 Å². The Bertz CT molecular complexity index is 1220. The van der Waals surface area contributed by atoms with Crippen LogP contribution in [-0.2, 0) is 4.74 Å². The van der Waals surface area contributed by atoms with Gasteiger partial charge in [-0.3, -0.25) is 4.79 Å². The van der Waals surface area contributed by atoms with E-state index in [1.165, 1.54) is 0 Å². The molecule has 0 aromatic heterocycles. The molecule has 5 nitrogen and oxygen atoms in total. The Hall–Kier alpha value is -3.17. The fraction of sp³-hybridized carbons (Fsp3) is 0.259. The summed E-state index contributed by atoms with van der Waals surface area (Å²) in [6.45, 7) is 3.67. The number of ether oxygens (including phenoxy) is 1. The number of nitrogens with zero attached hydrogens (tertiary/aromatic N) is 1. The standard InChI is InChI=1S/C27H25ClN2O3/c1-17(2)33-16-27(15-29)24(30-26(32)22-13-7-8-14-23(22)28)20-11-5-3-9-18(20)19-10-4-6-12-21(19)25(27)31/h3-14,17,24-25,31H,16H2,1-2H3,(H,30,32)/t24-,25-,27-/m1/s1. The lowest BCUT2D eigenvalue weighted by molar-refractivity contribution is -0.0501. The highest BCUT2D eigenvalue weighted by molar-refractivity contribution is 6.33. The predicted molar refractivity (Wildman–Crippen MR) is 128 cm³/mol. The van der Waals surface area contributed by atoms with Crippen molar-refractivity contribution in [1.82, 2.24) is 5.32 Å². The lowest BCUT2D eigenvalue weighted by Crippen LogP contribution is -2.46. The zero-order valence-electron chi connectivity index (χ0n) is 18.5. The number of amides is 1. The second-order valence-corrected chi connectivity index (χ2v) is 8.88. The van der Waals surface area contributed by atoms with Crippen LogP contribution in [0, 0.1) is 16.7 Å². The number of nitriles is 1. The number of carbonyl (C=O) groups is 1. The van der Waals surface area contributed by atoms with Gasteiger partial charge in [0.25, 0.3) is 5.91 Å². The quantitative estimate of drug-likeness (QED) is 0.529. The van der Waals surface area contributed by atoms with Crippen LogP contribution in [0.1, 0.15) is 47.5 Å². The zero-order chi connectivity index (χ0) is 23.6. The van der Waals surface area contributed by atoms with Crippen molar-refractivity contribution in [1.29, 1.82) is 5.26 Å². The van der Waals surface area contributed by atoms with Gasteiger partial charge in [-0.25, -0.2) is 0 Å². The van der Waals surface area contributed by atoms with Gasteiger partial charge in [0.05, 0.1) is 35.4 Å². The van der Waals surface area contributed by atoms with Gasteiger partial charge in [0.15, 0.2) is 0 Å². The topological polar surface area (TPSA) is 82.3 Å². The second kappa shape index (κ2) is 9.36. The number of rotatable bonds is 5. The first-order valence-corrected chi connectivity index (χ1v) is 11.2. The summed E-state index contributed by atoms with van der Waals surface area (Å²) >= 11 is 6.28. The number of hydrogen-bond acceptors (Lipinski definition) is 4. The van der Waals surface area contributed by atoms with Crippen LogP contribution < -0.4 is 5.32 Å². The van der Waals surface area contributed by atoms with E-state index in [1.54, 1.807) is 24.3 Å². The third-order valence-corrected chi connectivity index (χ3v) is 6.41. The van der Waals surface area contributed by atoms with Crippen LogP contribution >= 0.6 is 11.6 Å². The molecule has 0 aliphatic heterocycles. The Morgan fingerprint density at radius 2 is 1.64 bits per heavy atom. The van der Waals surface area contributed by atoms with Gasteiger partial charge in [0.2, 0.25) is 0 Å². The van der Waals surface area contributed by atoms with Gasteiger partial charge in [0, 0.05) is 0 Å². The van der Waals surface area contributed by atoms with E-state index in [4.69, 9.17) is 16.3 Å².